The molecule has 2 N–H and O–H groups in total. The van der Waals surface area contributed by atoms with Crippen LogP contribution >= 0.6 is 0 Å². The normalized spacial score (nSPS) is 11.1. The van der Waals surface area contributed by atoms with E-state index in [9.17, 15) is 8.42 Å². The van der Waals surface area contributed by atoms with E-state index in [1.165, 1.54) is 24.7 Å². The number of nitrogens with zero attached hydrogens (tertiary/aromatic N) is 3. The topological polar surface area (TPSA) is 110 Å². The number of hydrogen-bond donors (Lipinski definition) is 2. The van der Waals surface area contributed by atoms with Gasteiger partial charge in [-0.3, -0.25) is 4.72 Å². The fourth-order valence-electron chi connectivity index (χ4n) is 1.05. The van der Waals surface area contributed by atoms with Crippen LogP contribution in [0.5, 0.6) is 0 Å². The molecular weight excluding hydrogens is 246 g/mol. The lowest BCUT2D eigenvalue weighted by Crippen LogP contribution is -2.14. The van der Waals surface area contributed by atoms with Crippen LogP contribution in [0.3, 0.4) is 0 Å². The van der Waals surface area contributed by atoms with Crippen molar-refractivity contribution in [3.63, 3.8) is 0 Å². The van der Waals surface area contributed by atoms with Crippen molar-refractivity contribution in [3.05, 3.63) is 24.7 Å². The molecule has 0 aliphatic heterocycles. The fourth-order valence-corrected chi connectivity index (χ4v) is 1.93. The van der Waals surface area contributed by atoms with E-state index < -0.39 is 10.0 Å². The molecule has 17 heavy (non-hydrogen) atoms. The van der Waals surface area contributed by atoms with E-state index in [-0.39, 0.29) is 10.7 Å². The van der Waals surface area contributed by atoms with Crippen molar-refractivity contribution < 1.29 is 12.9 Å². The molecule has 2 heterocycles. The van der Waals surface area contributed by atoms with Gasteiger partial charge in [-0.25, -0.2) is 18.4 Å². The van der Waals surface area contributed by atoms with Crippen molar-refractivity contribution in [1.29, 1.82) is 0 Å². The third-order valence-corrected chi connectivity index (χ3v) is 3.15. The summed E-state index contributed by atoms with van der Waals surface area (Å²) in [4.78, 5) is 7.56. The smallest absolute Gasteiger partial charge is 0.266 e. The van der Waals surface area contributed by atoms with Gasteiger partial charge in [0.25, 0.3) is 10.0 Å². The lowest BCUT2D eigenvalue weighted by Gasteiger charge is -2.04. The molecule has 0 aromatic carbocycles. The predicted molar refractivity (Wildman–Crippen MR) is 58.9 cm³/mol. The predicted octanol–water partition coefficient (Wildman–Crippen LogP) is 0.307. The Morgan fingerprint density at radius 1 is 1.29 bits per heavy atom. The van der Waals surface area contributed by atoms with E-state index in [0.29, 0.717) is 5.95 Å². The van der Waals surface area contributed by atoms with Crippen LogP contribution in [0.15, 0.2) is 34.1 Å². The number of aromatic nitrogens is 3. The number of anilines is 2. The van der Waals surface area contributed by atoms with Gasteiger partial charge < -0.3 is 9.84 Å². The SMILES string of the molecule is CNc1ncc(S(=O)(=O)Nc2ccon2)cn1. The largest absolute Gasteiger partial charge is 0.363 e. The average molecular weight is 255 g/mol. The first-order valence-electron chi connectivity index (χ1n) is 4.55. The van der Waals surface area contributed by atoms with Crippen LogP contribution in [0, 0.1) is 0 Å². The van der Waals surface area contributed by atoms with Crippen LogP contribution in [-0.4, -0.2) is 30.6 Å². The fraction of sp³-hybridized carbons (Fsp3) is 0.125. The molecule has 2 aromatic heterocycles. The highest BCUT2D eigenvalue weighted by atomic mass is 32.2. The van der Waals surface area contributed by atoms with Gasteiger partial charge in [-0.05, 0) is 0 Å². The van der Waals surface area contributed by atoms with Crippen molar-refractivity contribution >= 4 is 21.8 Å². The van der Waals surface area contributed by atoms with E-state index in [4.69, 9.17) is 0 Å². The van der Waals surface area contributed by atoms with Gasteiger partial charge in [0.15, 0.2) is 5.82 Å². The summed E-state index contributed by atoms with van der Waals surface area (Å²) in [5.74, 6) is 0.438. The molecule has 9 heteroatoms. The third kappa shape index (κ3) is 2.50. The first kappa shape index (κ1) is 11.3. The van der Waals surface area contributed by atoms with Crippen LogP contribution in [0.4, 0.5) is 11.8 Å². The molecule has 0 aliphatic carbocycles. The van der Waals surface area contributed by atoms with E-state index >= 15 is 0 Å². The number of sulfonamides is 1. The summed E-state index contributed by atoms with van der Waals surface area (Å²) in [5, 5.41) is 6.13. The molecule has 0 bridgehead atoms. The summed E-state index contributed by atoms with van der Waals surface area (Å²) in [5.41, 5.74) is 0. The van der Waals surface area contributed by atoms with Crippen LogP contribution < -0.4 is 10.0 Å². The van der Waals surface area contributed by atoms with Crippen molar-refractivity contribution in [2.75, 3.05) is 17.1 Å². The second-order valence-electron chi connectivity index (χ2n) is 2.98. The summed E-state index contributed by atoms with van der Waals surface area (Å²) >= 11 is 0. The minimum Gasteiger partial charge on any atom is -0.363 e. The van der Waals surface area contributed by atoms with Crippen molar-refractivity contribution in [3.8, 4) is 0 Å². The first-order valence-corrected chi connectivity index (χ1v) is 6.03. The molecule has 90 valence electrons. The second kappa shape index (κ2) is 4.37. The first-order chi connectivity index (χ1) is 8.12. The molecule has 0 saturated carbocycles. The monoisotopic (exact) mass is 255 g/mol. The number of hydrogen-bond acceptors (Lipinski definition) is 7. The van der Waals surface area contributed by atoms with Crippen molar-refractivity contribution in [1.82, 2.24) is 15.1 Å². The van der Waals surface area contributed by atoms with Crippen LogP contribution in [0.2, 0.25) is 0 Å². The standard InChI is InChI=1S/C8H9N5O3S/c1-9-8-10-4-6(5-11-8)17(14,15)13-7-2-3-16-12-7/h2-5H,1H3,(H,12,13)(H,9,10,11). The zero-order valence-corrected chi connectivity index (χ0v) is 9.60. The van der Waals surface area contributed by atoms with Gasteiger partial charge in [0, 0.05) is 13.1 Å². The van der Waals surface area contributed by atoms with Gasteiger partial charge in [-0.1, -0.05) is 5.16 Å². The van der Waals surface area contributed by atoms with E-state index in [2.05, 4.69) is 29.7 Å². The zero-order chi connectivity index (χ0) is 12.3. The quantitative estimate of drug-likeness (QED) is 0.808. The molecule has 0 fully saturated rings. The Morgan fingerprint density at radius 2 is 2.00 bits per heavy atom. The highest BCUT2D eigenvalue weighted by molar-refractivity contribution is 7.92. The summed E-state index contributed by atoms with van der Waals surface area (Å²) in [6.07, 6.45) is 3.65. The van der Waals surface area contributed by atoms with Crippen LogP contribution in [0.25, 0.3) is 0 Å². The molecule has 2 rings (SSSR count). The Hall–Kier alpha value is -2.16. The maximum atomic E-state index is 11.8. The summed E-state index contributed by atoms with van der Waals surface area (Å²) < 4.78 is 30.3. The Labute approximate surface area is 97.1 Å². The number of rotatable bonds is 4. The van der Waals surface area contributed by atoms with Gasteiger partial charge in [0.05, 0.1) is 12.4 Å². The molecular formula is C8H9N5O3S. The van der Waals surface area contributed by atoms with Gasteiger partial charge >= 0.3 is 0 Å². The highest BCUT2D eigenvalue weighted by Crippen LogP contribution is 2.12. The summed E-state index contributed by atoms with van der Waals surface area (Å²) in [6.45, 7) is 0. The maximum absolute atomic E-state index is 11.8. The Morgan fingerprint density at radius 3 is 2.53 bits per heavy atom. The second-order valence-corrected chi connectivity index (χ2v) is 4.66. The number of nitrogens with one attached hydrogen (secondary N) is 2. The molecule has 2 aromatic rings. The minimum atomic E-state index is -3.73. The maximum Gasteiger partial charge on any atom is 0.266 e. The van der Waals surface area contributed by atoms with Crippen molar-refractivity contribution in [2.24, 2.45) is 0 Å². The van der Waals surface area contributed by atoms with Crippen LogP contribution in [0.1, 0.15) is 0 Å². The zero-order valence-electron chi connectivity index (χ0n) is 8.78. The van der Waals surface area contributed by atoms with E-state index in [0.717, 1.165) is 0 Å². The molecule has 0 atom stereocenters. The van der Waals surface area contributed by atoms with E-state index in [1.54, 1.807) is 7.05 Å². The van der Waals surface area contributed by atoms with Gasteiger partial charge in [-0.2, -0.15) is 0 Å². The van der Waals surface area contributed by atoms with Gasteiger partial charge in [-0.15, -0.1) is 0 Å². The summed E-state index contributed by atoms with van der Waals surface area (Å²) in [6, 6.07) is 1.39. The van der Waals surface area contributed by atoms with E-state index in [1.807, 2.05) is 0 Å². The Balaban J connectivity index is 2.25. The van der Waals surface area contributed by atoms with Crippen LogP contribution in [-0.2, 0) is 10.0 Å². The molecule has 0 saturated heterocycles. The Kier molecular flexibility index (Phi) is 2.91. The molecule has 0 spiro atoms. The molecule has 0 radical (unpaired) electrons. The molecule has 8 nitrogen and oxygen atoms in total. The van der Waals surface area contributed by atoms with Crippen molar-refractivity contribution in [2.45, 2.75) is 4.90 Å². The highest BCUT2D eigenvalue weighted by Gasteiger charge is 2.16. The summed E-state index contributed by atoms with van der Waals surface area (Å²) in [7, 11) is -2.10. The Bertz CT molecular complexity index is 578. The molecule has 0 aliphatic rings. The molecule has 0 amide bonds. The minimum absolute atomic E-state index is 0.0560. The van der Waals surface area contributed by atoms with Gasteiger partial charge in [0.1, 0.15) is 11.2 Å². The third-order valence-electron chi connectivity index (χ3n) is 1.84. The average Bonchev–Trinajstić information content (AvgIpc) is 2.81. The molecule has 0 unspecified atom stereocenters. The lowest BCUT2D eigenvalue weighted by atomic mass is 10.7. The lowest BCUT2D eigenvalue weighted by molar-refractivity contribution is 0.423. The van der Waals surface area contributed by atoms with Gasteiger partial charge in [0.2, 0.25) is 5.95 Å².